The van der Waals surface area contributed by atoms with Crippen molar-refractivity contribution in [3.63, 3.8) is 0 Å². The zero-order valence-electron chi connectivity index (χ0n) is 15.5. The predicted molar refractivity (Wildman–Crippen MR) is 103 cm³/mol. The summed E-state index contributed by atoms with van der Waals surface area (Å²) in [6.07, 6.45) is 0. The molecule has 29 heavy (non-hydrogen) atoms. The maximum atomic E-state index is 12.4. The average molecular weight is 443 g/mol. The van der Waals surface area contributed by atoms with Gasteiger partial charge in [0, 0.05) is 6.54 Å². The molecule has 0 saturated heterocycles. The molecule has 1 unspecified atom stereocenters. The molecule has 156 valence electrons. The van der Waals surface area contributed by atoms with Crippen LogP contribution in [0.2, 0.25) is 0 Å². The lowest BCUT2D eigenvalue weighted by Gasteiger charge is -2.13. The molecular formula is C16H17N3O8S2. The highest BCUT2D eigenvalue weighted by molar-refractivity contribution is 7.95. The number of aryl methyl sites for hydroxylation is 1. The van der Waals surface area contributed by atoms with E-state index in [1.54, 1.807) is 6.92 Å². The van der Waals surface area contributed by atoms with E-state index < -0.39 is 48.2 Å². The number of aromatic hydroxyl groups is 1. The van der Waals surface area contributed by atoms with E-state index in [1.165, 1.54) is 26.0 Å². The fourth-order valence-electron chi connectivity index (χ4n) is 2.57. The predicted octanol–water partition coefficient (Wildman–Crippen LogP) is 2.21. The zero-order chi connectivity index (χ0) is 22.1. The summed E-state index contributed by atoms with van der Waals surface area (Å²) < 4.78 is 53.4. The summed E-state index contributed by atoms with van der Waals surface area (Å²) in [4.78, 5) is 23.8. The number of hydrogen-bond acceptors (Lipinski definition) is 8. The van der Waals surface area contributed by atoms with Crippen LogP contribution in [0.5, 0.6) is 5.88 Å². The molecule has 1 aromatic carbocycles. The van der Waals surface area contributed by atoms with Gasteiger partial charge in [0.1, 0.15) is 21.8 Å². The SMILES string of the molecule is CCn1c(O)c(/N=N\c2cc(C)ccc2S(=O)(=O)O)c(C)c(C(=O)S(=O)O)c1=O. The molecule has 0 aliphatic carbocycles. The summed E-state index contributed by atoms with van der Waals surface area (Å²) in [6, 6.07) is 3.85. The Hall–Kier alpha value is -2.74. The van der Waals surface area contributed by atoms with Crippen LogP contribution in [0.15, 0.2) is 38.1 Å². The molecule has 0 fully saturated rings. The van der Waals surface area contributed by atoms with Crippen molar-refractivity contribution in [1.29, 1.82) is 0 Å². The number of carbonyl (C=O) groups is 1. The topological polar surface area (TPSA) is 176 Å². The van der Waals surface area contributed by atoms with Gasteiger partial charge in [-0.3, -0.25) is 23.3 Å². The average Bonchev–Trinajstić information content (AvgIpc) is 2.60. The Labute approximate surface area is 167 Å². The molecule has 0 radical (unpaired) electrons. The second-order valence-corrected chi connectivity index (χ2v) is 8.16. The van der Waals surface area contributed by atoms with Crippen molar-refractivity contribution in [3.05, 3.63) is 45.2 Å². The van der Waals surface area contributed by atoms with Crippen LogP contribution >= 0.6 is 0 Å². The molecule has 3 N–H and O–H groups in total. The van der Waals surface area contributed by atoms with E-state index in [4.69, 9.17) is 4.55 Å². The van der Waals surface area contributed by atoms with E-state index in [0.29, 0.717) is 5.56 Å². The molecule has 2 aromatic rings. The number of carbonyl (C=O) groups excluding carboxylic acids is 1. The minimum atomic E-state index is -4.63. The van der Waals surface area contributed by atoms with Gasteiger partial charge in [-0.2, -0.15) is 8.42 Å². The third-order valence-corrected chi connectivity index (χ3v) is 5.41. The molecule has 1 atom stereocenters. The second kappa shape index (κ2) is 8.32. The monoisotopic (exact) mass is 443 g/mol. The number of aromatic nitrogens is 1. The first-order valence-corrected chi connectivity index (χ1v) is 10.6. The van der Waals surface area contributed by atoms with Gasteiger partial charge in [0.2, 0.25) is 17.0 Å². The molecule has 2 rings (SSSR count). The minimum Gasteiger partial charge on any atom is -0.493 e. The third kappa shape index (κ3) is 4.48. The standard InChI is InChI=1S/C16H17N3O8S2/c1-4-19-14(20)12(16(22)28(23)24)9(3)13(15(19)21)18-17-10-7-8(2)5-6-11(10)29(25,26)27/h5-7,21H,4H2,1-3H3,(H,23,24)(H,25,26,27)/b18-17-. The van der Waals surface area contributed by atoms with Crippen molar-refractivity contribution >= 4 is 37.7 Å². The minimum absolute atomic E-state index is 0.0907. The van der Waals surface area contributed by atoms with Gasteiger partial charge >= 0.3 is 0 Å². The van der Waals surface area contributed by atoms with E-state index >= 15 is 0 Å². The van der Waals surface area contributed by atoms with Crippen LogP contribution in [-0.2, 0) is 27.7 Å². The van der Waals surface area contributed by atoms with Gasteiger partial charge in [-0.05, 0) is 44.0 Å². The number of rotatable bonds is 5. The Morgan fingerprint density at radius 3 is 2.38 bits per heavy atom. The normalized spacial score (nSPS) is 13.0. The van der Waals surface area contributed by atoms with Gasteiger partial charge in [-0.1, -0.05) is 6.07 Å². The molecule has 0 saturated carbocycles. The van der Waals surface area contributed by atoms with Crippen molar-refractivity contribution in [1.82, 2.24) is 4.57 Å². The van der Waals surface area contributed by atoms with Crippen LogP contribution in [-0.4, -0.2) is 36.5 Å². The van der Waals surface area contributed by atoms with Crippen LogP contribution in [0.4, 0.5) is 11.4 Å². The highest BCUT2D eigenvalue weighted by Gasteiger charge is 2.26. The first-order valence-electron chi connectivity index (χ1n) is 8.01. The Morgan fingerprint density at radius 1 is 1.24 bits per heavy atom. The summed E-state index contributed by atoms with van der Waals surface area (Å²) in [5, 5.41) is 16.5. The van der Waals surface area contributed by atoms with Gasteiger partial charge in [0.25, 0.3) is 20.8 Å². The number of azo groups is 1. The van der Waals surface area contributed by atoms with Crippen molar-refractivity contribution < 1.29 is 31.6 Å². The fourth-order valence-corrected chi connectivity index (χ4v) is 3.59. The molecule has 0 spiro atoms. The Morgan fingerprint density at radius 2 is 1.86 bits per heavy atom. The van der Waals surface area contributed by atoms with E-state index in [-0.39, 0.29) is 23.5 Å². The lowest BCUT2D eigenvalue weighted by atomic mass is 10.1. The molecular weight excluding hydrogens is 426 g/mol. The highest BCUT2D eigenvalue weighted by atomic mass is 32.2. The van der Waals surface area contributed by atoms with E-state index in [1.807, 2.05) is 0 Å². The summed E-state index contributed by atoms with van der Waals surface area (Å²) in [5.74, 6) is -0.667. The Kier molecular flexibility index (Phi) is 6.47. The molecule has 1 heterocycles. The van der Waals surface area contributed by atoms with E-state index in [0.717, 1.165) is 10.6 Å². The third-order valence-electron chi connectivity index (χ3n) is 3.99. The number of pyridine rings is 1. The van der Waals surface area contributed by atoms with Gasteiger partial charge in [-0.25, -0.2) is 4.21 Å². The highest BCUT2D eigenvalue weighted by Crippen LogP contribution is 2.34. The van der Waals surface area contributed by atoms with Crippen molar-refractivity contribution in [2.24, 2.45) is 10.2 Å². The first-order chi connectivity index (χ1) is 13.4. The number of benzene rings is 1. The van der Waals surface area contributed by atoms with Crippen molar-refractivity contribution in [3.8, 4) is 5.88 Å². The quantitative estimate of drug-likeness (QED) is 0.358. The Balaban J connectivity index is 2.80. The molecule has 11 nitrogen and oxygen atoms in total. The van der Waals surface area contributed by atoms with Crippen LogP contribution in [0.3, 0.4) is 0 Å². The van der Waals surface area contributed by atoms with Crippen LogP contribution in [0, 0.1) is 13.8 Å². The van der Waals surface area contributed by atoms with Gasteiger partial charge < -0.3 is 5.11 Å². The first kappa shape index (κ1) is 22.5. The van der Waals surface area contributed by atoms with Crippen LogP contribution < -0.4 is 5.56 Å². The van der Waals surface area contributed by atoms with Gasteiger partial charge in [-0.15, -0.1) is 10.2 Å². The van der Waals surface area contributed by atoms with Crippen molar-refractivity contribution in [2.75, 3.05) is 0 Å². The molecule has 0 aliphatic heterocycles. The number of hydrogen-bond donors (Lipinski definition) is 3. The summed E-state index contributed by atoms with van der Waals surface area (Å²) in [7, 11) is -4.63. The molecule has 13 heteroatoms. The fraction of sp³-hybridized carbons (Fsp3) is 0.250. The summed E-state index contributed by atoms with van der Waals surface area (Å²) in [5.41, 5.74) is -1.88. The van der Waals surface area contributed by atoms with Crippen LogP contribution in [0.25, 0.3) is 0 Å². The summed E-state index contributed by atoms with van der Waals surface area (Å²) in [6.45, 7) is 4.25. The smallest absolute Gasteiger partial charge is 0.296 e. The van der Waals surface area contributed by atoms with E-state index in [9.17, 15) is 31.9 Å². The van der Waals surface area contributed by atoms with E-state index in [2.05, 4.69) is 10.2 Å². The van der Waals surface area contributed by atoms with Crippen LogP contribution in [0.1, 0.15) is 28.4 Å². The van der Waals surface area contributed by atoms with Gasteiger partial charge in [0.05, 0.1) is 0 Å². The molecule has 0 amide bonds. The molecule has 0 aliphatic rings. The van der Waals surface area contributed by atoms with Gasteiger partial charge in [0.15, 0.2) is 0 Å². The zero-order valence-corrected chi connectivity index (χ0v) is 17.1. The Bertz CT molecular complexity index is 1220. The van der Waals surface area contributed by atoms with Crippen molar-refractivity contribution in [2.45, 2.75) is 32.2 Å². The maximum absolute atomic E-state index is 12.4. The number of nitrogens with zero attached hydrogens (tertiary/aromatic N) is 3. The summed E-state index contributed by atoms with van der Waals surface area (Å²) >= 11 is -2.98. The lowest BCUT2D eigenvalue weighted by Crippen LogP contribution is -2.28. The second-order valence-electron chi connectivity index (χ2n) is 5.90. The largest absolute Gasteiger partial charge is 0.493 e. The lowest BCUT2D eigenvalue weighted by molar-refractivity contribution is 0.107. The maximum Gasteiger partial charge on any atom is 0.296 e. The molecule has 1 aromatic heterocycles. The molecule has 0 bridgehead atoms.